The van der Waals surface area contributed by atoms with Gasteiger partial charge in [-0.1, -0.05) is 13.8 Å². The van der Waals surface area contributed by atoms with E-state index in [0.29, 0.717) is 5.92 Å². The second kappa shape index (κ2) is 5.13. The molecule has 0 aromatic carbocycles. The monoisotopic (exact) mass is 256 g/mol. The summed E-state index contributed by atoms with van der Waals surface area (Å²) in [6.07, 6.45) is 8.40. The highest BCUT2D eigenvalue weighted by molar-refractivity contribution is 5.31. The second-order valence-corrected chi connectivity index (χ2v) is 5.55. The van der Waals surface area contributed by atoms with Crippen LogP contribution in [0, 0.1) is 0 Å². The average molecular weight is 256 g/mol. The summed E-state index contributed by atoms with van der Waals surface area (Å²) in [4.78, 5) is 4.31. The zero-order chi connectivity index (χ0) is 13.2. The Hall–Kier alpha value is -1.68. The predicted molar refractivity (Wildman–Crippen MR) is 75.3 cm³/mol. The summed E-state index contributed by atoms with van der Waals surface area (Å²) in [5, 5.41) is 8.09. The zero-order valence-corrected chi connectivity index (χ0v) is 11.5. The van der Waals surface area contributed by atoms with Crippen LogP contribution in [-0.4, -0.2) is 20.8 Å². The first-order chi connectivity index (χ1) is 9.22. The van der Waals surface area contributed by atoms with Crippen molar-refractivity contribution in [3.63, 3.8) is 0 Å². The topological polar surface area (TPSA) is 42.7 Å². The van der Waals surface area contributed by atoms with Crippen molar-refractivity contribution in [1.82, 2.24) is 20.1 Å². The van der Waals surface area contributed by atoms with Crippen LogP contribution in [0.3, 0.4) is 0 Å². The number of nitrogens with one attached hydrogen (secondary N) is 1. The Labute approximate surface area is 113 Å². The summed E-state index contributed by atoms with van der Waals surface area (Å²) >= 11 is 0. The van der Waals surface area contributed by atoms with Crippen LogP contribution in [0.1, 0.15) is 43.9 Å². The van der Waals surface area contributed by atoms with E-state index in [-0.39, 0.29) is 0 Å². The number of hydrogen-bond donors (Lipinski definition) is 1. The molecule has 2 heterocycles. The van der Waals surface area contributed by atoms with Crippen molar-refractivity contribution in [3.05, 3.63) is 42.0 Å². The Balaban J connectivity index is 1.76. The fourth-order valence-corrected chi connectivity index (χ4v) is 2.04. The lowest BCUT2D eigenvalue weighted by Crippen LogP contribution is -2.15. The Morgan fingerprint density at radius 1 is 1.37 bits per heavy atom. The minimum absolute atomic E-state index is 0.453. The lowest BCUT2D eigenvalue weighted by atomic mass is 10.1. The Kier molecular flexibility index (Phi) is 3.34. The van der Waals surface area contributed by atoms with Crippen molar-refractivity contribution in [2.24, 2.45) is 0 Å². The molecule has 1 N–H and O–H groups in total. The minimum Gasteiger partial charge on any atom is -0.310 e. The molecule has 2 aromatic rings. The van der Waals surface area contributed by atoms with Crippen LogP contribution >= 0.6 is 0 Å². The van der Waals surface area contributed by atoms with E-state index in [1.165, 1.54) is 18.4 Å². The highest BCUT2D eigenvalue weighted by Crippen LogP contribution is 2.19. The van der Waals surface area contributed by atoms with E-state index in [1.807, 2.05) is 23.3 Å². The van der Waals surface area contributed by atoms with Crippen molar-refractivity contribution < 1.29 is 0 Å². The maximum atomic E-state index is 4.58. The summed E-state index contributed by atoms with van der Waals surface area (Å²) in [5.74, 6) is 0.453. The second-order valence-electron chi connectivity index (χ2n) is 5.55. The molecule has 1 aliphatic carbocycles. The van der Waals surface area contributed by atoms with Crippen molar-refractivity contribution in [3.8, 4) is 5.69 Å². The van der Waals surface area contributed by atoms with Crippen LogP contribution in [0.5, 0.6) is 0 Å². The normalized spacial score (nSPS) is 15.1. The van der Waals surface area contributed by atoms with Crippen LogP contribution < -0.4 is 5.32 Å². The highest BCUT2D eigenvalue weighted by atomic mass is 15.3. The summed E-state index contributed by atoms with van der Waals surface area (Å²) in [7, 11) is 0. The molecule has 0 unspecified atom stereocenters. The third-order valence-corrected chi connectivity index (χ3v) is 3.42. The van der Waals surface area contributed by atoms with Crippen LogP contribution in [0.4, 0.5) is 0 Å². The summed E-state index contributed by atoms with van der Waals surface area (Å²) < 4.78 is 1.91. The van der Waals surface area contributed by atoms with E-state index < -0.39 is 0 Å². The molecule has 0 aliphatic heterocycles. The van der Waals surface area contributed by atoms with E-state index in [1.54, 1.807) is 0 Å². The summed E-state index contributed by atoms with van der Waals surface area (Å²) in [5.41, 5.74) is 3.36. The van der Waals surface area contributed by atoms with Gasteiger partial charge in [-0.2, -0.15) is 5.10 Å². The number of hydrogen-bond acceptors (Lipinski definition) is 3. The molecule has 0 atom stereocenters. The molecule has 4 heteroatoms. The van der Waals surface area contributed by atoms with Crippen LogP contribution in [0.15, 0.2) is 30.7 Å². The first-order valence-electron chi connectivity index (χ1n) is 6.95. The van der Waals surface area contributed by atoms with Crippen LogP contribution in [-0.2, 0) is 6.54 Å². The number of rotatable bonds is 5. The Morgan fingerprint density at radius 2 is 2.21 bits per heavy atom. The van der Waals surface area contributed by atoms with Gasteiger partial charge < -0.3 is 5.32 Å². The molecule has 19 heavy (non-hydrogen) atoms. The van der Waals surface area contributed by atoms with Gasteiger partial charge in [-0.05, 0) is 36.5 Å². The molecule has 0 amide bonds. The average Bonchev–Trinajstić information content (AvgIpc) is 3.10. The van der Waals surface area contributed by atoms with E-state index in [2.05, 4.69) is 41.4 Å². The Bertz CT molecular complexity index is 555. The van der Waals surface area contributed by atoms with Crippen molar-refractivity contribution in [2.45, 2.75) is 45.2 Å². The molecule has 0 bridgehead atoms. The van der Waals surface area contributed by atoms with Gasteiger partial charge in [0.25, 0.3) is 0 Å². The molecule has 100 valence electrons. The maximum Gasteiger partial charge on any atom is 0.0832 e. The first kappa shape index (κ1) is 12.4. The maximum absolute atomic E-state index is 4.58. The van der Waals surface area contributed by atoms with E-state index in [0.717, 1.165) is 24.0 Å². The van der Waals surface area contributed by atoms with E-state index in [9.17, 15) is 0 Å². The summed E-state index contributed by atoms with van der Waals surface area (Å²) in [6.45, 7) is 5.20. The fraction of sp³-hybridized carbons (Fsp3) is 0.467. The minimum atomic E-state index is 0.453. The molecular weight excluding hydrogens is 236 g/mol. The van der Waals surface area contributed by atoms with Crippen LogP contribution in [0.2, 0.25) is 0 Å². The Morgan fingerprint density at radius 3 is 2.89 bits per heavy atom. The van der Waals surface area contributed by atoms with Gasteiger partial charge in [-0.15, -0.1) is 0 Å². The molecule has 3 rings (SSSR count). The summed E-state index contributed by atoms with van der Waals surface area (Å²) in [6, 6.07) is 4.94. The quantitative estimate of drug-likeness (QED) is 0.894. The third kappa shape index (κ3) is 3.01. The number of pyridine rings is 1. The van der Waals surface area contributed by atoms with E-state index >= 15 is 0 Å². The third-order valence-electron chi connectivity index (χ3n) is 3.42. The van der Waals surface area contributed by atoms with Gasteiger partial charge in [0.1, 0.15) is 0 Å². The van der Waals surface area contributed by atoms with Crippen molar-refractivity contribution in [2.75, 3.05) is 0 Å². The SMILES string of the molecule is CC(C)c1ccn(-c2cncc(CNC3CC3)c2)n1. The molecule has 1 saturated carbocycles. The molecule has 1 aliphatic rings. The fourth-order valence-electron chi connectivity index (χ4n) is 2.04. The van der Waals surface area contributed by atoms with Gasteiger partial charge in [0.2, 0.25) is 0 Å². The zero-order valence-electron chi connectivity index (χ0n) is 11.5. The van der Waals surface area contributed by atoms with Crippen molar-refractivity contribution >= 4 is 0 Å². The molecule has 2 aromatic heterocycles. The van der Waals surface area contributed by atoms with Crippen LogP contribution in [0.25, 0.3) is 5.69 Å². The van der Waals surface area contributed by atoms with Gasteiger partial charge in [0.15, 0.2) is 0 Å². The number of nitrogens with zero attached hydrogens (tertiary/aromatic N) is 3. The van der Waals surface area contributed by atoms with Gasteiger partial charge in [0.05, 0.1) is 17.6 Å². The molecule has 0 spiro atoms. The number of aromatic nitrogens is 3. The molecular formula is C15H20N4. The predicted octanol–water partition coefficient (Wildman–Crippen LogP) is 2.64. The standard InChI is InChI=1S/C15H20N4/c1-11(2)15-5-6-19(18-15)14-7-12(8-16-10-14)9-17-13-3-4-13/h5-8,10-11,13,17H,3-4,9H2,1-2H3. The largest absolute Gasteiger partial charge is 0.310 e. The van der Waals surface area contributed by atoms with Gasteiger partial charge in [-0.25, -0.2) is 4.68 Å². The lowest BCUT2D eigenvalue weighted by molar-refractivity contribution is 0.684. The van der Waals surface area contributed by atoms with Gasteiger partial charge >= 0.3 is 0 Å². The molecule has 1 fully saturated rings. The lowest BCUT2D eigenvalue weighted by Gasteiger charge is -2.06. The van der Waals surface area contributed by atoms with E-state index in [4.69, 9.17) is 0 Å². The van der Waals surface area contributed by atoms with Gasteiger partial charge in [-0.3, -0.25) is 4.98 Å². The highest BCUT2D eigenvalue weighted by Gasteiger charge is 2.20. The molecule has 4 nitrogen and oxygen atoms in total. The molecule has 0 radical (unpaired) electrons. The van der Waals surface area contributed by atoms with Crippen molar-refractivity contribution in [1.29, 1.82) is 0 Å². The smallest absolute Gasteiger partial charge is 0.0832 e. The van der Waals surface area contributed by atoms with Gasteiger partial charge in [0, 0.05) is 25.0 Å². The molecule has 0 saturated heterocycles. The first-order valence-corrected chi connectivity index (χ1v) is 6.95.